The lowest BCUT2D eigenvalue weighted by atomic mass is 10.2. The first-order chi connectivity index (χ1) is 5.58. The van der Waals surface area contributed by atoms with Gasteiger partial charge in [-0.25, -0.2) is 8.42 Å². The first kappa shape index (κ1) is 9.22. The molecule has 0 heterocycles. The Labute approximate surface area is 72.5 Å². The standard InChI is InChI=1S/C8H10NO2S/c1-7-5-3-4-6-8(7)12(10,11)9-2/h3-6H,1-2H3/q-1. The predicted octanol–water partition coefficient (Wildman–Crippen LogP) is 1.69. The summed E-state index contributed by atoms with van der Waals surface area (Å²) in [5.41, 5.74) is 0.725. The highest BCUT2D eigenvalue weighted by atomic mass is 32.2. The van der Waals surface area contributed by atoms with Crippen molar-refractivity contribution >= 4 is 10.0 Å². The normalized spacial score (nSPS) is 11.5. The highest BCUT2D eigenvalue weighted by Crippen LogP contribution is 2.18. The van der Waals surface area contributed by atoms with Gasteiger partial charge in [0.05, 0.1) is 4.90 Å². The Balaban J connectivity index is 3.30. The van der Waals surface area contributed by atoms with E-state index < -0.39 is 10.0 Å². The maximum atomic E-state index is 11.3. The number of nitrogens with zero attached hydrogens (tertiary/aromatic N) is 1. The molecule has 0 radical (unpaired) electrons. The van der Waals surface area contributed by atoms with Gasteiger partial charge in [0, 0.05) is 0 Å². The molecule has 66 valence electrons. The summed E-state index contributed by atoms with van der Waals surface area (Å²) < 4.78 is 25.8. The smallest absolute Gasteiger partial charge is 0.101 e. The van der Waals surface area contributed by atoms with Crippen molar-refractivity contribution in [2.75, 3.05) is 7.05 Å². The van der Waals surface area contributed by atoms with E-state index in [9.17, 15) is 8.42 Å². The minimum atomic E-state index is -3.40. The molecule has 0 fully saturated rings. The fraction of sp³-hybridized carbons (Fsp3) is 0.250. The van der Waals surface area contributed by atoms with Gasteiger partial charge < -0.3 is 4.72 Å². The van der Waals surface area contributed by atoms with Gasteiger partial charge in [-0.3, -0.25) is 0 Å². The molecule has 0 aromatic heterocycles. The van der Waals surface area contributed by atoms with E-state index in [4.69, 9.17) is 0 Å². The van der Waals surface area contributed by atoms with Crippen molar-refractivity contribution in [3.05, 3.63) is 34.6 Å². The van der Waals surface area contributed by atoms with Crippen LogP contribution in [0.25, 0.3) is 4.72 Å². The molecule has 0 aliphatic carbocycles. The van der Waals surface area contributed by atoms with Gasteiger partial charge in [0.25, 0.3) is 0 Å². The second kappa shape index (κ2) is 3.25. The summed E-state index contributed by atoms with van der Waals surface area (Å²) in [4.78, 5) is 0.285. The molecular weight excluding hydrogens is 174 g/mol. The molecule has 0 saturated heterocycles. The van der Waals surface area contributed by atoms with Crippen LogP contribution in [0.3, 0.4) is 0 Å². The quantitative estimate of drug-likeness (QED) is 0.702. The van der Waals surface area contributed by atoms with Crippen molar-refractivity contribution in [3.8, 4) is 0 Å². The van der Waals surface area contributed by atoms with Gasteiger partial charge in [-0.15, -0.1) is 0 Å². The highest BCUT2D eigenvalue weighted by molar-refractivity contribution is 7.94. The third kappa shape index (κ3) is 1.65. The van der Waals surface area contributed by atoms with E-state index >= 15 is 0 Å². The van der Waals surface area contributed by atoms with Gasteiger partial charge in [-0.1, -0.05) is 18.2 Å². The van der Waals surface area contributed by atoms with Crippen LogP contribution in [0.15, 0.2) is 29.2 Å². The lowest BCUT2D eigenvalue weighted by molar-refractivity contribution is 0.602. The molecule has 0 aliphatic rings. The zero-order valence-corrected chi connectivity index (χ0v) is 7.80. The number of benzene rings is 1. The third-order valence-electron chi connectivity index (χ3n) is 1.61. The Kier molecular flexibility index (Phi) is 2.49. The minimum absolute atomic E-state index is 0.285. The molecule has 4 heteroatoms. The van der Waals surface area contributed by atoms with E-state index in [0.717, 1.165) is 5.56 Å². The van der Waals surface area contributed by atoms with Crippen molar-refractivity contribution in [1.29, 1.82) is 0 Å². The molecular formula is C8H10NO2S-. The van der Waals surface area contributed by atoms with Gasteiger partial charge in [0.2, 0.25) is 0 Å². The molecule has 0 amide bonds. The average Bonchev–Trinajstić information content (AvgIpc) is 2.05. The number of hydrogen-bond donors (Lipinski definition) is 0. The van der Waals surface area contributed by atoms with Crippen LogP contribution in [0.5, 0.6) is 0 Å². The zero-order valence-electron chi connectivity index (χ0n) is 6.98. The fourth-order valence-corrected chi connectivity index (χ4v) is 1.87. The highest BCUT2D eigenvalue weighted by Gasteiger charge is 2.04. The molecule has 0 atom stereocenters. The lowest BCUT2D eigenvalue weighted by Gasteiger charge is -2.15. The third-order valence-corrected chi connectivity index (χ3v) is 3.11. The summed E-state index contributed by atoms with van der Waals surface area (Å²) in [6.07, 6.45) is 0. The van der Waals surface area contributed by atoms with Crippen molar-refractivity contribution in [1.82, 2.24) is 0 Å². The molecule has 0 saturated carbocycles. The Morgan fingerprint density at radius 3 is 2.33 bits per heavy atom. The maximum absolute atomic E-state index is 11.3. The zero-order chi connectivity index (χ0) is 9.19. The predicted molar refractivity (Wildman–Crippen MR) is 47.6 cm³/mol. The molecule has 1 aromatic rings. The molecule has 0 bridgehead atoms. The Morgan fingerprint density at radius 2 is 1.83 bits per heavy atom. The largest absolute Gasteiger partial charge is 0.547 e. The second-order valence-corrected chi connectivity index (χ2v) is 4.18. The number of rotatable bonds is 2. The summed E-state index contributed by atoms with van der Waals surface area (Å²) in [6.45, 7) is 1.75. The topological polar surface area (TPSA) is 48.2 Å². The average molecular weight is 184 g/mol. The Morgan fingerprint density at radius 1 is 1.25 bits per heavy atom. The van der Waals surface area contributed by atoms with Crippen LogP contribution in [-0.2, 0) is 10.0 Å². The van der Waals surface area contributed by atoms with Gasteiger partial charge in [-0.05, 0) is 18.6 Å². The summed E-state index contributed by atoms with van der Waals surface area (Å²) in [5.74, 6) is 0. The summed E-state index contributed by atoms with van der Waals surface area (Å²) >= 11 is 0. The molecule has 0 N–H and O–H groups in total. The fourth-order valence-electron chi connectivity index (χ4n) is 0.944. The van der Waals surface area contributed by atoms with Crippen molar-refractivity contribution in [2.24, 2.45) is 0 Å². The van der Waals surface area contributed by atoms with E-state index in [2.05, 4.69) is 4.72 Å². The van der Waals surface area contributed by atoms with Crippen molar-refractivity contribution in [3.63, 3.8) is 0 Å². The molecule has 0 spiro atoms. The second-order valence-electron chi connectivity index (χ2n) is 2.42. The molecule has 0 aliphatic heterocycles. The Hall–Kier alpha value is -0.870. The molecule has 3 nitrogen and oxygen atoms in total. The van der Waals surface area contributed by atoms with Crippen molar-refractivity contribution < 1.29 is 8.42 Å². The molecule has 0 unspecified atom stereocenters. The lowest BCUT2D eigenvalue weighted by Crippen LogP contribution is -1.99. The molecule has 1 rings (SSSR count). The number of hydrogen-bond acceptors (Lipinski definition) is 2. The first-order valence-corrected chi connectivity index (χ1v) is 4.93. The van der Waals surface area contributed by atoms with E-state index in [-0.39, 0.29) is 4.90 Å². The SMILES string of the molecule is C[N-]S(=O)(=O)c1ccccc1C. The monoisotopic (exact) mass is 184 g/mol. The van der Waals surface area contributed by atoms with E-state index in [1.165, 1.54) is 7.05 Å². The number of aryl methyl sites for hydroxylation is 1. The van der Waals surface area contributed by atoms with Crippen LogP contribution in [-0.4, -0.2) is 15.5 Å². The van der Waals surface area contributed by atoms with Crippen LogP contribution in [0, 0.1) is 6.92 Å². The van der Waals surface area contributed by atoms with E-state index in [0.29, 0.717) is 0 Å². The van der Waals surface area contributed by atoms with Crippen LogP contribution in [0.1, 0.15) is 5.56 Å². The van der Waals surface area contributed by atoms with E-state index in [1.807, 2.05) is 0 Å². The maximum Gasteiger partial charge on any atom is 0.101 e. The summed E-state index contributed by atoms with van der Waals surface area (Å²) in [5, 5.41) is 0. The Bertz CT molecular complexity index is 370. The molecule has 12 heavy (non-hydrogen) atoms. The van der Waals surface area contributed by atoms with Crippen LogP contribution in [0.2, 0.25) is 0 Å². The van der Waals surface area contributed by atoms with Gasteiger partial charge in [0.15, 0.2) is 0 Å². The van der Waals surface area contributed by atoms with Gasteiger partial charge >= 0.3 is 0 Å². The summed E-state index contributed by atoms with van der Waals surface area (Å²) in [6, 6.07) is 6.78. The molecule has 1 aromatic carbocycles. The number of sulfonamides is 1. The van der Waals surface area contributed by atoms with Crippen LogP contribution >= 0.6 is 0 Å². The van der Waals surface area contributed by atoms with Crippen molar-refractivity contribution in [2.45, 2.75) is 11.8 Å². The van der Waals surface area contributed by atoms with Crippen LogP contribution in [0.4, 0.5) is 0 Å². The minimum Gasteiger partial charge on any atom is -0.547 e. The first-order valence-electron chi connectivity index (χ1n) is 3.49. The van der Waals surface area contributed by atoms with E-state index in [1.54, 1.807) is 31.2 Å². The van der Waals surface area contributed by atoms with Crippen LogP contribution < -0.4 is 0 Å². The van der Waals surface area contributed by atoms with Gasteiger partial charge in [-0.2, -0.15) is 7.05 Å². The summed E-state index contributed by atoms with van der Waals surface area (Å²) in [7, 11) is -2.12. The van der Waals surface area contributed by atoms with Gasteiger partial charge in [0.1, 0.15) is 10.0 Å².